The van der Waals surface area contributed by atoms with Crippen LogP contribution < -0.4 is 10.6 Å². The summed E-state index contributed by atoms with van der Waals surface area (Å²) in [7, 11) is 0. The van der Waals surface area contributed by atoms with Crippen molar-refractivity contribution in [3.8, 4) is 0 Å². The van der Waals surface area contributed by atoms with Crippen molar-refractivity contribution < 1.29 is 4.79 Å². The van der Waals surface area contributed by atoms with E-state index in [0.29, 0.717) is 11.8 Å². The van der Waals surface area contributed by atoms with E-state index in [1.165, 1.54) is 5.56 Å². The molecule has 0 radical (unpaired) electrons. The number of carbonyl (C=O) groups excluding carboxylic acids is 1. The number of benzene rings is 1. The fraction of sp³-hybridized carbons (Fsp3) is 0.588. The van der Waals surface area contributed by atoms with Gasteiger partial charge in [0.05, 0.1) is 0 Å². The summed E-state index contributed by atoms with van der Waals surface area (Å²) in [5.74, 6) is 1.11. The molecule has 0 aliphatic rings. The Morgan fingerprint density at radius 3 is 2.35 bits per heavy atom. The maximum Gasteiger partial charge on any atom is 0.242 e. The van der Waals surface area contributed by atoms with Gasteiger partial charge in [0, 0.05) is 12.2 Å². The zero-order chi connectivity index (χ0) is 15.1. The van der Waals surface area contributed by atoms with Crippen LogP contribution in [-0.2, 0) is 4.79 Å². The van der Waals surface area contributed by atoms with Crippen molar-refractivity contribution in [2.24, 2.45) is 5.92 Å². The lowest BCUT2D eigenvalue weighted by Crippen LogP contribution is -2.38. The van der Waals surface area contributed by atoms with Gasteiger partial charge in [0.15, 0.2) is 0 Å². The third kappa shape index (κ3) is 5.24. The fourth-order valence-electron chi connectivity index (χ4n) is 2.07. The molecule has 1 atom stereocenters. The Hall–Kier alpha value is -1.51. The Morgan fingerprint density at radius 1 is 1.10 bits per heavy atom. The minimum absolute atomic E-state index is 0.0595. The van der Waals surface area contributed by atoms with Gasteiger partial charge in [-0.05, 0) is 36.8 Å². The molecule has 1 aromatic rings. The van der Waals surface area contributed by atoms with Crippen LogP contribution in [0.4, 0.5) is 5.69 Å². The van der Waals surface area contributed by atoms with Crippen LogP contribution >= 0.6 is 0 Å². The van der Waals surface area contributed by atoms with Gasteiger partial charge < -0.3 is 10.6 Å². The zero-order valence-electron chi connectivity index (χ0n) is 13.4. The predicted molar refractivity (Wildman–Crippen MR) is 86.1 cm³/mol. The summed E-state index contributed by atoms with van der Waals surface area (Å²) < 4.78 is 0. The largest absolute Gasteiger partial charge is 0.374 e. The highest BCUT2D eigenvalue weighted by Gasteiger charge is 2.14. The number of amides is 1. The lowest BCUT2D eigenvalue weighted by atomic mass is 10.0. The summed E-state index contributed by atoms with van der Waals surface area (Å²) in [6.07, 6.45) is 1.01. The van der Waals surface area contributed by atoms with E-state index in [1.807, 2.05) is 25.1 Å². The molecule has 112 valence electrons. The average molecular weight is 276 g/mol. The average Bonchev–Trinajstić information content (AvgIpc) is 2.38. The molecular weight excluding hydrogens is 248 g/mol. The van der Waals surface area contributed by atoms with E-state index in [4.69, 9.17) is 0 Å². The van der Waals surface area contributed by atoms with Gasteiger partial charge in [0.25, 0.3) is 0 Å². The van der Waals surface area contributed by atoms with Crippen LogP contribution in [0.15, 0.2) is 24.3 Å². The molecule has 0 bridgehead atoms. The van der Waals surface area contributed by atoms with Gasteiger partial charge in [-0.2, -0.15) is 0 Å². The van der Waals surface area contributed by atoms with Crippen molar-refractivity contribution in [1.29, 1.82) is 0 Å². The molecule has 0 saturated heterocycles. The van der Waals surface area contributed by atoms with Crippen molar-refractivity contribution in [2.45, 2.75) is 53.0 Å². The molecule has 1 amide bonds. The number of anilines is 1. The maximum absolute atomic E-state index is 12.0. The molecule has 0 spiro atoms. The highest BCUT2D eigenvalue weighted by Crippen LogP contribution is 2.24. The van der Waals surface area contributed by atoms with Gasteiger partial charge in [0.1, 0.15) is 6.04 Å². The van der Waals surface area contributed by atoms with Crippen LogP contribution in [0.5, 0.6) is 0 Å². The smallest absolute Gasteiger partial charge is 0.242 e. The second-order valence-corrected chi connectivity index (χ2v) is 6.08. The molecule has 0 saturated carbocycles. The van der Waals surface area contributed by atoms with Gasteiger partial charge in [0.2, 0.25) is 5.91 Å². The van der Waals surface area contributed by atoms with Gasteiger partial charge >= 0.3 is 0 Å². The van der Waals surface area contributed by atoms with Gasteiger partial charge in [-0.1, -0.05) is 45.9 Å². The molecular formula is C17H28N2O. The second-order valence-electron chi connectivity index (χ2n) is 6.08. The van der Waals surface area contributed by atoms with Gasteiger partial charge in [-0.25, -0.2) is 0 Å². The molecule has 1 rings (SSSR count). The summed E-state index contributed by atoms with van der Waals surface area (Å²) in [5.41, 5.74) is 2.29. The first-order valence-electron chi connectivity index (χ1n) is 7.55. The van der Waals surface area contributed by atoms with Crippen LogP contribution in [0.25, 0.3) is 0 Å². The van der Waals surface area contributed by atoms with Gasteiger partial charge in [-0.15, -0.1) is 0 Å². The molecule has 0 aromatic heterocycles. The highest BCUT2D eigenvalue weighted by molar-refractivity contribution is 5.84. The van der Waals surface area contributed by atoms with E-state index < -0.39 is 0 Å². The normalized spacial score (nSPS) is 12.6. The van der Waals surface area contributed by atoms with E-state index >= 15 is 0 Å². The monoisotopic (exact) mass is 276 g/mol. The summed E-state index contributed by atoms with van der Waals surface area (Å²) in [6, 6.07) is 7.96. The quantitative estimate of drug-likeness (QED) is 0.796. The van der Waals surface area contributed by atoms with Crippen molar-refractivity contribution in [2.75, 3.05) is 11.9 Å². The van der Waals surface area contributed by atoms with Crippen molar-refractivity contribution >= 4 is 11.6 Å². The summed E-state index contributed by atoms with van der Waals surface area (Å²) in [5, 5.41) is 6.30. The van der Waals surface area contributed by atoms with Crippen LogP contribution in [-0.4, -0.2) is 18.5 Å². The lowest BCUT2D eigenvalue weighted by Gasteiger charge is -2.19. The molecule has 0 aliphatic heterocycles. The molecule has 0 heterocycles. The SMILES string of the molecule is CC(C)CCNC(=O)C(C)Nc1ccccc1C(C)C. The fourth-order valence-corrected chi connectivity index (χ4v) is 2.07. The first-order chi connectivity index (χ1) is 9.41. The standard InChI is InChI=1S/C17H28N2O/c1-12(2)10-11-18-17(20)14(5)19-16-9-7-6-8-15(16)13(3)4/h6-9,12-14,19H,10-11H2,1-5H3,(H,18,20). The molecule has 2 N–H and O–H groups in total. The maximum atomic E-state index is 12.0. The Morgan fingerprint density at radius 2 is 1.75 bits per heavy atom. The molecule has 20 heavy (non-hydrogen) atoms. The van der Waals surface area contributed by atoms with E-state index in [0.717, 1.165) is 18.7 Å². The van der Waals surface area contributed by atoms with Crippen molar-refractivity contribution in [3.05, 3.63) is 29.8 Å². The summed E-state index contributed by atoms with van der Waals surface area (Å²) in [4.78, 5) is 12.0. The molecule has 3 nitrogen and oxygen atoms in total. The van der Waals surface area contributed by atoms with E-state index in [1.54, 1.807) is 0 Å². The first kappa shape index (κ1) is 16.5. The van der Waals surface area contributed by atoms with Crippen LogP contribution in [0.3, 0.4) is 0 Å². The Labute approximate surface area is 123 Å². The highest BCUT2D eigenvalue weighted by atomic mass is 16.2. The minimum Gasteiger partial charge on any atom is -0.374 e. The predicted octanol–water partition coefficient (Wildman–Crippen LogP) is 3.77. The Kier molecular flexibility index (Phi) is 6.56. The molecule has 0 aliphatic carbocycles. The van der Waals surface area contributed by atoms with Crippen LogP contribution in [0.2, 0.25) is 0 Å². The third-order valence-electron chi connectivity index (χ3n) is 3.37. The first-order valence-corrected chi connectivity index (χ1v) is 7.55. The third-order valence-corrected chi connectivity index (χ3v) is 3.37. The van der Waals surface area contributed by atoms with E-state index in [-0.39, 0.29) is 11.9 Å². The summed E-state index contributed by atoms with van der Waals surface area (Å²) in [6.45, 7) is 11.3. The number of rotatable bonds is 7. The molecule has 1 unspecified atom stereocenters. The second kappa shape index (κ2) is 7.93. The van der Waals surface area contributed by atoms with Crippen molar-refractivity contribution in [3.63, 3.8) is 0 Å². The number of para-hydroxylation sites is 1. The van der Waals surface area contributed by atoms with Crippen LogP contribution in [0.1, 0.15) is 52.5 Å². The Bertz CT molecular complexity index is 427. The van der Waals surface area contributed by atoms with Crippen LogP contribution in [0, 0.1) is 5.92 Å². The molecule has 1 aromatic carbocycles. The number of nitrogens with one attached hydrogen (secondary N) is 2. The minimum atomic E-state index is -0.220. The van der Waals surface area contributed by atoms with Gasteiger partial charge in [-0.3, -0.25) is 4.79 Å². The molecule has 3 heteroatoms. The molecule has 0 fully saturated rings. The lowest BCUT2D eigenvalue weighted by molar-refractivity contribution is -0.121. The topological polar surface area (TPSA) is 41.1 Å². The van der Waals surface area contributed by atoms with Crippen molar-refractivity contribution in [1.82, 2.24) is 5.32 Å². The Balaban J connectivity index is 2.57. The zero-order valence-corrected chi connectivity index (χ0v) is 13.4. The summed E-state index contributed by atoms with van der Waals surface area (Å²) >= 11 is 0. The number of hydrogen-bond acceptors (Lipinski definition) is 2. The number of carbonyl (C=O) groups is 1. The number of hydrogen-bond donors (Lipinski definition) is 2. The van der Waals surface area contributed by atoms with E-state index in [9.17, 15) is 4.79 Å². The van der Waals surface area contributed by atoms with E-state index in [2.05, 4.69) is 44.4 Å².